The molecule has 17 heavy (non-hydrogen) atoms. The third-order valence-corrected chi connectivity index (χ3v) is 3.76. The molecule has 5 heteroatoms. The van der Waals surface area contributed by atoms with Crippen molar-refractivity contribution in [1.29, 1.82) is 0 Å². The van der Waals surface area contributed by atoms with Crippen molar-refractivity contribution >= 4 is 12.1 Å². The summed E-state index contributed by atoms with van der Waals surface area (Å²) >= 11 is 0. The van der Waals surface area contributed by atoms with Crippen molar-refractivity contribution in [3.05, 3.63) is 0 Å². The number of cyclic esters (lactones) is 1. The monoisotopic (exact) mass is 241 g/mol. The van der Waals surface area contributed by atoms with Crippen molar-refractivity contribution in [2.45, 2.75) is 57.0 Å². The molecule has 1 heterocycles. The van der Waals surface area contributed by atoms with Crippen LogP contribution in [-0.2, 0) is 9.53 Å². The molecule has 0 aromatic heterocycles. The molecule has 1 unspecified atom stereocenters. The summed E-state index contributed by atoms with van der Waals surface area (Å²) < 4.78 is 5.06. The summed E-state index contributed by atoms with van der Waals surface area (Å²) in [5.41, 5.74) is -0.676. The number of aliphatic carboxylic acids is 1. The van der Waals surface area contributed by atoms with Crippen LogP contribution in [0.5, 0.6) is 0 Å². The molecule has 1 N–H and O–H groups in total. The molecule has 1 aliphatic carbocycles. The number of rotatable bonds is 3. The van der Waals surface area contributed by atoms with E-state index in [1.165, 1.54) is 6.42 Å². The number of carbonyl (C=O) groups is 2. The summed E-state index contributed by atoms with van der Waals surface area (Å²) in [5.74, 6) is -0.883. The van der Waals surface area contributed by atoms with Gasteiger partial charge in [-0.1, -0.05) is 19.3 Å². The first-order valence-corrected chi connectivity index (χ1v) is 6.21. The van der Waals surface area contributed by atoms with E-state index >= 15 is 0 Å². The molecule has 1 saturated carbocycles. The predicted octanol–water partition coefficient (Wildman–Crippen LogP) is 2.00. The van der Waals surface area contributed by atoms with Crippen molar-refractivity contribution in [3.63, 3.8) is 0 Å². The van der Waals surface area contributed by atoms with Gasteiger partial charge >= 0.3 is 12.1 Å². The number of carboxylic acids is 1. The molecule has 2 fully saturated rings. The number of hydrogen-bond acceptors (Lipinski definition) is 3. The lowest BCUT2D eigenvalue weighted by Crippen LogP contribution is -2.52. The van der Waals surface area contributed by atoms with Crippen molar-refractivity contribution in [1.82, 2.24) is 4.90 Å². The Hall–Kier alpha value is -1.26. The third-order valence-electron chi connectivity index (χ3n) is 3.76. The summed E-state index contributed by atoms with van der Waals surface area (Å²) in [4.78, 5) is 24.4. The van der Waals surface area contributed by atoms with Crippen molar-refractivity contribution < 1.29 is 19.4 Å². The highest BCUT2D eigenvalue weighted by atomic mass is 16.6. The molecule has 2 rings (SSSR count). The Morgan fingerprint density at radius 1 is 1.47 bits per heavy atom. The van der Waals surface area contributed by atoms with Crippen LogP contribution in [0.2, 0.25) is 0 Å². The van der Waals surface area contributed by atoms with E-state index in [1.54, 1.807) is 11.8 Å². The Balaban J connectivity index is 2.15. The minimum absolute atomic E-state index is 0.0464. The quantitative estimate of drug-likeness (QED) is 0.820. The van der Waals surface area contributed by atoms with Gasteiger partial charge in [-0.05, 0) is 19.8 Å². The summed E-state index contributed by atoms with van der Waals surface area (Å²) in [6, 6.07) is 0.156. The van der Waals surface area contributed by atoms with Gasteiger partial charge in [0.25, 0.3) is 0 Å². The smallest absolute Gasteiger partial charge is 0.410 e. The number of nitrogens with zero attached hydrogens (tertiary/aromatic N) is 1. The van der Waals surface area contributed by atoms with Gasteiger partial charge in [-0.15, -0.1) is 0 Å². The number of carboxylic acid groups (broad SMARTS) is 1. The molecule has 2 aliphatic rings. The minimum atomic E-state index is -0.883. The molecule has 1 aliphatic heterocycles. The van der Waals surface area contributed by atoms with Gasteiger partial charge in [-0.2, -0.15) is 0 Å². The molecule has 1 atom stereocenters. The number of carbonyl (C=O) groups excluding carboxylic acids is 1. The zero-order valence-corrected chi connectivity index (χ0v) is 10.1. The molecule has 0 aromatic rings. The maximum Gasteiger partial charge on any atom is 0.410 e. The van der Waals surface area contributed by atoms with Gasteiger partial charge in [0.15, 0.2) is 0 Å². The Morgan fingerprint density at radius 3 is 2.71 bits per heavy atom. The van der Waals surface area contributed by atoms with Gasteiger partial charge in [0.05, 0.1) is 12.0 Å². The lowest BCUT2D eigenvalue weighted by Gasteiger charge is -2.38. The van der Waals surface area contributed by atoms with Gasteiger partial charge in [0.2, 0.25) is 0 Å². The Kier molecular flexibility index (Phi) is 3.26. The van der Waals surface area contributed by atoms with E-state index in [2.05, 4.69) is 0 Å². The average molecular weight is 241 g/mol. The van der Waals surface area contributed by atoms with E-state index in [-0.39, 0.29) is 25.2 Å². The van der Waals surface area contributed by atoms with E-state index in [0.29, 0.717) is 0 Å². The second-order valence-corrected chi connectivity index (χ2v) is 5.28. The SMILES string of the molecule is CC1(CC(=O)O)COC(=O)N1C1CCCCC1. The normalized spacial score (nSPS) is 30.4. The van der Waals surface area contributed by atoms with E-state index in [0.717, 1.165) is 25.7 Å². The highest BCUT2D eigenvalue weighted by Gasteiger charge is 2.48. The lowest BCUT2D eigenvalue weighted by atomic mass is 9.89. The Bertz CT molecular complexity index is 324. The summed E-state index contributed by atoms with van der Waals surface area (Å²) in [6.07, 6.45) is 4.95. The molecule has 0 radical (unpaired) electrons. The predicted molar refractivity (Wildman–Crippen MR) is 60.7 cm³/mol. The molecule has 0 spiro atoms. The van der Waals surface area contributed by atoms with Crippen molar-refractivity contribution in [2.75, 3.05) is 6.61 Å². The average Bonchev–Trinajstić information content (AvgIpc) is 2.54. The fraction of sp³-hybridized carbons (Fsp3) is 0.833. The van der Waals surface area contributed by atoms with Crippen LogP contribution in [-0.4, -0.2) is 40.3 Å². The second-order valence-electron chi connectivity index (χ2n) is 5.28. The van der Waals surface area contributed by atoms with E-state index in [9.17, 15) is 9.59 Å². The van der Waals surface area contributed by atoms with Crippen LogP contribution >= 0.6 is 0 Å². The maximum atomic E-state index is 11.8. The first-order valence-electron chi connectivity index (χ1n) is 6.21. The van der Waals surface area contributed by atoms with Crippen LogP contribution in [0.3, 0.4) is 0 Å². The zero-order chi connectivity index (χ0) is 12.5. The highest BCUT2D eigenvalue weighted by molar-refractivity contribution is 5.75. The van der Waals surface area contributed by atoms with E-state index < -0.39 is 11.5 Å². The topological polar surface area (TPSA) is 66.8 Å². The summed E-state index contributed by atoms with van der Waals surface area (Å²) in [7, 11) is 0. The van der Waals surface area contributed by atoms with Crippen LogP contribution in [0.1, 0.15) is 45.4 Å². The molecule has 0 bridgehead atoms. The first-order chi connectivity index (χ1) is 8.03. The molecular formula is C12H19NO4. The van der Waals surface area contributed by atoms with Gasteiger partial charge in [0.1, 0.15) is 6.61 Å². The summed E-state index contributed by atoms with van der Waals surface area (Å²) in [5, 5.41) is 8.95. The lowest BCUT2D eigenvalue weighted by molar-refractivity contribution is -0.139. The van der Waals surface area contributed by atoms with Crippen LogP contribution in [0.25, 0.3) is 0 Å². The molecule has 5 nitrogen and oxygen atoms in total. The minimum Gasteiger partial charge on any atom is -0.481 e. The van der Waals surface area contributed by atoms with E-state index in [1.807, 2.05) is 0 Å². The molecule has 1 amide bonds. The maximum absolute atomic E-state index is 11.8. The largest absolute Gasteiger partial charge is 0.481 e. The molecule has 1 saturated heterocycles. The highest BCUT2D eigenvalue weighted by Crippen LogP contribution is 2.35. The summed E-state index contributed by atoms with van der Waals surface area (Å²) in [6.45, 7) is 2.00. The molecule has 96 valence electrons. The zero-order valence-electron chi connectivity index (χ0n) is 10.1. The molecule has 0 aromatic carbocycles. The van der Waals surface area contributed by atoms with E-state index in [4.69, 9.17) is 9.84 Å². The van der Waals surface area contributed by atoms with Crippen LogP contribution in [0.15, 0.2) is 0 Å². The standard InChI is InChI=1S/C12H19NO4/c1-12(7-10(14)15)8-17-11(16)13(12)9-5-3-2-4-6-9/h9H,2-8H2,1H3,(H,14,15). The van der Waals surface area contributed by atoms with Crippen LogP contribution in [0, 0.1) is 0 Å². The van der Waals surface area contributed by atoms with Gasteiger partial charge in [0, 0.05) is 6.04 Å². The second kappa shape index (κ2) is 4.55. The molecular weight excluding hydrogens is 222 g/mol. The number of ether oxygens (including phenoxy) is 1. The van der Waals surface area contributed by atoms with Gasteiger partial charge < -0.3 is 9.84 Å². The fourth-order valence-corrected chi connectivity index (χ4v) is 2.97. The number of hydrogen-bond donors (Lipinski definition) is 1. The van der Waals surface area contributed by atoms with Gasteiger partial charge in [-0.25, -0.2) is 4.79 Å². The Morgan fingerprint density at radius 2 is 2.12 bits per heavy atom. The van der Waals surface area contributed by atoms with Gasteiger partial charge in [-0.3, -0.25) is 9.69 Å². The van der Waals surface area contributed by atoms with Crippen LogP contribution < -0.4 is 0 Å². The van der Waals surface area contributed by atoms with Crippen LogP contribution in [0.4, 0.5) is 4.79 Å². The van der Waals surface area contributed by atoms with Crippen molar-refractivity contribution in [3.8, 4) is 0 Å². The third kappa shape index (κ3) is 2.37. The Labute approximate surface area is 101 Å². The number of amides is 1. The first kappa shape index (κ1) is 12.2. The van der Waals surface area contributed by atoms with Crippen molar-refractivity contribution in [2.24, 2.45) is 0 Å². The fourth-order valence-electron chi connectivity index (χ4n) is 2.97.